The first-order valence-corrected chi connectivity index (χ1v) is 8.02. The van der Waals surface area contributed by atoms with Gasteiger partial charge in [-0.15, -0.1) is 0 Å². The zero-order chi connectivity index (χ0) is 14.3. The summed E-state index contributed by atoms with van der Waals surface area (Å²) in [6.45, 7) is 7.15. The van der Waals surface area contributed by atoms with Crippen LogP contribution in [0.1, 0.15) is 65.7 Å². The second-order valence-electron chi connectivity index (χ2n) is 6.69. The molecule has 0 aromatic heterocycles. The summed E-state index contributed by atoms with van der Waals surface area (Å²) < 4.78 is 0. The molecule has 0 radical (unpaired) electrons. The molecule has 0 bridgehead atoms. The first kappa shape index (κ1) is 16.5. The van der Waals surface area contributed by atoms with Crippen LogP contribution in [-0.2, 0) is 4.79 Å². The lowest BCUT2D eigenvalue weighted by Gasteiger charge is -2.28. The second kappa shape index (κ2) is 8.57. The Balaban J connectivity index is 2.32. The van der Waals surface area contributed by atoms with Crippen molar-refractivity contribution < 1.29 is 4.79 Å². The number of hydrogen-bond donors (Lipinski definition) is 2. The van der Waals surface area contributed by atoms with Gasteiger partial charge in [-0.2, -0.15) is 0 Å². The van der Waals surface area contributed by atoms with Crippen molar-refractivity contribution in [2.24, 2.45) is 23.5 Å². The first-order chi connectivity index (χ1) is 9.02. The molecule has 3 N–H and O–H groups in total. The first-order valence-electron chi connectivity index (χ1n) is 8.02. The average molecular weight is 268 g/mol. The van der Waals surface area contributed by atoms with Gasteiger partial charge in [-0.25, -0.2) is 0 Å². The van der Waals surface area contributed by atoms with E-state index in [1.165, 1.54) is 32.1 Å². The average Bonchev–Trinajstić information content (AvgIpc) is 2.38. The van der Waals surface area contributed by atoms with E-state index in [9.17, 15) is 4.79 Å². The van der Waals surface area contributed by atoms with Crippen molar-refractivity contribution in [1.82, 2.24) is 5.32 Å². The van der Waals surface area contributed by atoms with E-state index in [0.29, 0.717) is 36.8 Å². The van der Waals surface area contributed by atoms with Crippen LogP contribution >= 0.6 is 0 Å². The molecule has 1 saturated carbocycles. The largest absolute Gasteiger partial charge is 0.353 e. The van der Waals surface area contributed by atoms with E-state index < -0.39 is 0 Å². The molecule has 0 aromatic carbocycles. The van der Waals surface area contributed by atoms with Crippen LogP contribution in [0, 0.1) is 17.8 Å². The number of nitrogens with one attached hydrogen (secondary N) is 1. The molecule has 1 unspecified atom stereocenters. The maximum absolute atomic E-state index is 12.1. The summed E-state index contributed by atoms with van der Waals surface area (Å²) >= 11 is 0. The number of carbonyl (C=O) groups excluding carboxylic acids is 1. The van der Waals surface area contributed by atoms with E-state index in [-0.39, 0.29) is 5.91 Å². The Bertz CT molecular complexity index is 259. The molecule has 1 amide bonds. The Kier molecular flexibility index (Phi) is 7.44. The van der Waals surface area contributed by atoms with Crippen molar-refractivity contribution >= 4 is 5.91 Å². The van der Waals surface area contributed by atoms with Crippen LogP contribution in [0.2, 0.25) is 0 Å². The molecule has 0 heterocycles. The van der Waals surface area contributed by atoms with E-state index in [1.54, 1.807) is 0 Å². The summed E-state index contributed by atoms with van der Waals surface area (Å²) in [7, 11) is 0. The van der Waals surface area contributed by atoms with Gasteiger partial charge in [0.1, 0.15) is 0 Å². The molecular weight excluding hydrogens is 236 g/mol. The topological polar surface area (TPSA) is 55.1 Å². The number of hydrogen-bond acceptors (Lipinski definition) is 2. The van der Waals surface area contributed by atoms with Gasteiger partial charge in [0.2, 0.25) is 5.91 Å². The molecule has 1 rings (SSSR count). The Labute approximate surface area is 118 Å². The minimum Gasteiger partial charge on any atom is -0.353 e. The summed E-state index contributed by atoms with van der Waals surface area (Å²) in [5, 5.41) is 3.19. The summed E-state index contributed by atoms with van der Waals surface area (Å²) in [6, 6.07) is 0.324. The van der Waals surface area contributed by atoms with E-state index in [4.69, 9.17) is 5.73 Å². The minimum absolute atomic E-state index is 0.189. The standard InChI is InChI=1S/C16H32N2O/c1-12(2)9-14(11-17)10-16(19)18-13(3)15-7-5-4-6-8-15/h12-15H,4-11,17H2,1-3H3,(H,18,19)/t13?,14-/m0/s1. The van der Waals surface area contributed by atoms with Crippen LogP contribution in [0.15, 0.2) is 0 Å². The highest BCUT2D eigenvalue weighted by atomic mass is 16.1. The van der Waals surface area contributed by atoms with Gasteiger partial charge in [-0.1, -0.05) is 33.1 Å². The zero-order valence-electron chi connectivity index (χ0n) is 13.0. The lowest BCUT2D eigenvalue weighted by atomic mass is 9.84. The smallest absolute Gasteiger partial charge is 0.220 e. The monoisotopic (exact) mass is 268 g/mol. The third kappa shape index (κ3) is 6.42. The maximum atomic E-state index is 12.1. The predicted octanol–water partition coefficient (Wildman–Crippen LogP) is 3.08. The molecule has 0 saturated heterocycles. The van der Waals surface area contributed by atoms with Gasteiger partial charge in [0.05, 0.1) is 0 Å². The van der Waals surface area contributed by atoms with Gasteiger partial charge >= 0.3 is 0 Å². The van der Waals surface area contributed by atoms with Gasteiger partial charge < -0.3 is 11.1 Å². The van der Waals surface area contributed by atoms with E-state index in [1.807, 2.05) is 0 Å². The molecule has 1 fully saturated rings. The Morgan fingerprint density at radius 2 is 1.84 bits per heavy atom. The van der Waals surface area contributed by atoms with Crippen molar-refractivity contribution in [2.45, 2.75) is 71.8 Å². The van der Waals surface area contributed by atoms with Gasteiger partial charge in [0, 0.05) is 12.5 Å². The van der Waals surface area contributed by atoms with Crippen LogP contribution in [-0.4, -0.2) is 18.5 Å². The van der Waals surface area contributed by atoms with Crippen molar-refractivity contribution in [1.29, 1.82) is 0 Å². The molecule has 1 aliphatic rings. The lowest BCUT2D eigenvalue weighted by molar-refractivity contribution is -0.123. The fraction of sp³-hybridized carbons (Fsp3) is 0.938. The summed E-state index contributed by atoms with van der Waals surface area (Å²) in [6.07, 6.45) is 8.18. The molecule has 0 aromatic rings. The minimum atomic E-state index is 0.189. The van der Waals surface area contributed by atoms with E-state index in [2.05, 4.69) is 26.1 Å². The van der Waals surface area contributed by atoms with Crippen LogP contribution in [0.3, 0.4) is 0 Å². The number of carbonyl (C=O) groups is 1. The Hall–Kier alpha value is -0.570. The molecule has 3 nitrogen and oxygen atoms in total. The lowest BCUT2D eigenvalue weighted by Crippen LogP contribution is -2.40. The summed E-state index contributed by atoms with van der Waals surface area (Å²) in [5.41, 5.74) is 5.76. The summed E-state index contributed by atoms with van der Waals surface area (Å²) in [4.78, 5) is 12.1. The molecule has 1 aliphatic carbocycles. The zero-order valence-corrected chi connectivity index (χ0v) is 13.0. The van der Waals surface area contributed by atoms with Crippen LogP contribution in [0.25, 0.3) is 0 Å². The SMILES string of the molecule is CC(C)C[C@H](CN)CC(=O)NC(C)C1CCCCC1. The van der Waals surface area contributed by atoms with Crippen molar-refractivity contribution in [3.8, 4) is 0 Å². The highest BCUT2D eigenvalue weighted by molar-refractivity contribution is 5.76. The third-order valence-electron chi connectivity index (χ3n) is 4.36. The Morgan fingerprint density at radius 1 is 1.21 bits per heavy atom. The molecule has 0 aliphatic heterocycles. The highest BCUT2D eigenvalue weighted by Crippen LogP contribution is 2.26. The maximum Gasteiger partial charge on any atom is 0.220 e. The molecular formula is C16H32N2O. The molecule has 112 valence electrons. The van der Waals surface area contributed by atoms with Crippen molar-refractivity contribution in [3.63, 3.8) is 0 Å². The van der Waals surface area contributed by atoms with Crippen LogP contribution in [0.4, 0.5) is 0 Å². The van der Waals surface area contributed by atoms with E-state index >= 15 is 0 Å². The predicted molar refractivity (Wildman–Crippen MR) is 80.8 cm³/mol. The molecule has 2 atom stereocenters. The highest BCUT2D eigenvalue weighted by Gasteiger charge is 2.22. The van der Waals surface area contributed by atoms with Gasteiger partial charge in [0.15, 0.2) is 0 Å². The van der Waals surface area contributed by atoms with Gasteiger partial charge in [0.25, 0.3) is 0 Å². The van der Waals surface area contributed by atoms with Crippen molar-refractivity contribution in [2.75, 3.05) is 6.54 Å². The quantitative estimate of drug-likeness (QED) is 0.745. The molecule has 19 heavy (non-hydrogen) atoms. The molecule has 3 heteroatoms. The fourth-order valence-electron chi connectivity index (χ4n) is 3.26. The van der Waals surface area contributed by atoms with Crippen LogP contribution < -0.4 is 11.1 Å². The Morgan fingerprint density at radius 3 is 2.37 bits per heavy atom. The molecule has 0 spiro atoms. The van der Waals surface area contributed by atoms with Crippen LogP contribution in [0.5, 0.6) is 0 Å². The van der Waals surface area contributed by atoms with Crippen molar-refractivity contribution in [3.05, 3.63) is 0 Å². The van der Waals surface area contributed by atoms with E-state index in [0.717, 1.165) is 6.42 Å². The number of nitrogens with two attached hydrogens (primary N) is 1. The second-order valence-corrected chi connectivity index (χ2v) is 6.69. The normalized spacial score (nSPS) is 20.3. The van der Waals surface area contributed by atoms with Gasteiger partial charge in [-0.05, 0) is 50.5 Å². The fourth-order valence-corrected chi connectivity index (χ4v) is 3.26. The van der Waals surface area contributed by atoms with Gasteiger partial charge in [-0.3, -0.25) is 4.79 Å². The number of rotatable bonds is 7. The summed E-state index contributed by atoms with van der Waals surface area (Å²) in [5.74, 6) is 1.81. The number of amides is 1. The third-order valence-corrected chi connectivity index (χ3v) is 4.36.